The van der Waals surface area contributed by atoms with Crippen molar-refractivity contribution in [3.8, 4) is 16.9 Å². The summed E-state index contributed by atoms with van der Waals surface area (Å²) in [6.07, 6.45) is 0. The van der Waals surface area contributed by atoms with E-state index in [2.05, 4.69) is 15.5 Å². The van der Waals surface area contributed by atoms with Gasteiger partial charge >= 0.3 is 0 Å². The molecule has 0 atom stereocenters. The summed E-state index contributed by atoms with van der Waals surface area (Å²) in [5.41, 5.74) is 2.55. The molecule has 0 bridgehead atoms. The molecule has 0 saturated carbocycles. The fourth-order valence-corrected chi connectivity index (χ4v) is 2.97. The smallest absolute Gasteiger partial charge is 0.256 e. The second kappa shape index (κ2) is 7.84. The molecular formula is C21H14Cl2N4O. The summed E-state index contributed by atoms with van der Waals surface area (Å²) >= 11 is 12.1. The number of halogens is 2. The summed E-state index contributed by atoms with van der Waals surface area (Å²) in [6.45, 7) is 0. The monoisotopic (exact) mass is 408 g/mol. The van der Waals surface area contributed by atoms with Crippen LogP contribution in [0.25, 0.3) is 16.9 Å². The molecule has 0 aliphatic rings. The van der Waals surface area contributed by atoms with Crippen molar-refractivity contribution < 1.29 is 4.79 Å². The Morgan fingerprint density at radius 2 is 1.50 bits per heavy atom. The molecular weight excluding hydrogens is 395 g/mol. The van der Waals surface area contributed by atoms with E-state index in [1.54, 1.807) is 42.5 Å². The van der Waals surface area contributed by atoms with Crippen LogP contribution in [0, 0.1) is 0 Å². The summed E-state index contributed by atoms with van der Waals surface area (Å²) in [5, 5.41) is 12.7. The zero-order valence-electron chi connectivity index (χ0n) is 14.5. The lowest BCUT2D eigenvalue weighted by atomic mass is 10.1. The third-order valence-electron chi connectivity index (χ3n) is 4.06. The van der Waals surface area contributed by atoms with Gasteiger partial charge in [-0.15, -0.1) is 15.0 Å². The molecule has 7 heteroatoms. The SMILES string of the molecule is O=C(Nc1nn(-c2ccc(Cl)c(Cl)c2)nc1-c1ccccc1)c1ccccc1. The van der Waals surface area contributed by atoms with Gasteiger partial charge in [-0.3, -0.25) is 4.79 Å². The Labute approximate surface area is 171 Å². The van der Waals surface area contributed by atoms with Gasteiger partial charge in [-0.25, -0.2) is 0 Å². The Bertz CT molecular complexity index is 1130. The van der Waals surface area contributed by atoms with Gasteiger partial charge in [0.05, 0.1) is 15.7 Å². The van der Waals surface area contributed by atoms with Crippen molar-refractivity contribution in [2.24, 2.45) is 0 Å². The molecule has 28 heavy (non-hydrogen) atoms. The average molecular weight is 409 g/mol. The van der Waals surface area contributed by atoms with Crippen LogP contribution in [-0.4, -0.2) is 20.9 Å². The minimum Gasteiger partial charge on any atom is -0.303 e. The van der Waals surface area contributed by atoms with Crippen molar-refractivity contribution in [1.82, 2.24) is 15.0 Å². The van der Waals surface area contributed by atoms with Crippen LogP contribution in [0.15, 0.2) is 78.9 Å². The predicted molar refractivity (Wildman–Crippen MR) is 111 cm³/mol. The molecule has 4 aromatic rings. The zero-order valence-corrected chi connectivity index (χ0v) is 16.0. The Morgan fingerprint density at radius 1 is 0.821 bits per heavy atom. The van der Waals surface area contributed by atoms with Crippen LogP contribution in [0.5, 0.6) is 0 Å². The fourth-order valence-electron chi connectivity index (χ4n) is 2.68. The van der Waals surface area contributed by atoms with Gasteiger partial charge in [-0.2, -0.15) is 0 Å². The normalized spacial score (nSPS) is 10.6. The molecule has 4 rings (SSSR count). The molecule has 3 aromatic carbocycles. The number of benzene rings is 3. The van der Waals surface area contributed by atoms with E-state index in [-0.39, 0.29) is 5.91 Å². The first-order valence-electron chi connectivity index (χ1n) is 8.46. The standard InChI is InChI=1S/C21H14Cl2N4O/c22-17-12-11-16(13-18(17)23)27-25-19(14-7-3-1-4-8-14)20(26-27)24-21(28)15-9-5-2-6-10-15/h1-13H,(H,24,26,28). The largest absolute Gasteiger partial charge is 0.303 e. The number of carbonyl (C=O) groups is 1. The lowest BCUT2D eigenvalue weighted by Gasteiger charge is -2.04. The van der Waals surface area contributed by atoms with E-state index >= 15 is 0 Å². The van der Waals surface area contributed by atoms with Gasteiger partial charge in [0.1, 0.15) is 5.69 Å². The summed E-state index contributed by atoms with van der Waals surface area (Å²) in [6, 6.07) is 23.6. The molecule has 1 heterocycles. The van der Waals surface area contributed by atoms with E-state index in [0.29, 0.717) is 32.8 Å². The van der Waals surface area contributed by atoms with E-state index in [4.69, 9.17) is 23.2 Å². The van der Waals surface area contributed by atoms with Gasteiger partial charge in [0.2, 0.25) is 0 Å². The highest BCUT2D eigenvalue weighted by Gasteiger charge is 2.17. The number of hydrogen-bond donors (Lipinski definition) is 1. The number of nitrogens with one attached hydrogen (secondary N) is 1. The summed E-state index contributed by atoms with van der Waals surface area (Å²) in [7, 11) is 0. The lowest BCUT2D eigenvalue weighted by molar-refractivity contribution is 0.102. The van der Waals surface area contributed by atoms with Crippen LogP contribution < -0.4 is 5.32 Å². The molecule has 0 aliphatic heterocycles. The van der Waals surface area contributed by atoms with E-state index in [1.165, 1.54) is 4.80 Å². The molecule has 0 spiro atoms. The Balaban J connectivity index is 1.76. The van der Waals surface area contributed by atoms with Crippen LogP contribution in [0.1, 0.15) is 10.4 Å². The first-order valence-corrected chi connectivity index (χ1v) is 9.22. The number of rotatable bonds is 4. The number of hydrogen-bond acceptors (Lipinski definition) is 3. The van der Waals surface area contributed by atoms with Crippen molar-refractivity contribution in [2.45, 2.75) is 0 Å². The minimum atomic E-state index is -0.265. The van der Waals surface area contributed by atoms with Crippen molar-refractivity contribution in [3.63, 3.8) is 0 Å². The fraction of sp³-hybridized carbons (Fsp3) is 0. The summed E-state index contributed by atoms with van der Waals surface area (Å²) in [4.78, 5) is 14.0. The number of amides is 1. The van der Waals surface area contributed by atoms with Gasteiger partial charge in [-0.1, -0.05) is 71.7 Å². The number of carbonyl (C=O) groups excluding carboxylic acids is 1. The third-order valence-corrected chi connectivity index (χ3v) is 4.80. The third kappa shape index (κ3) is 3.76. The molecule has 0 saturated heterocycles. The van der Waals surface area contributed by atoms with Crippen molar-refractivity contribution >= 4 is 34.9 Å². The Kier molecular flexibility index (Phi) is 5.10. The second-order valence-corrected chi connectivity index (χ2v) is 6.79. The van der Waals surface area contributed by atoms with E-state index in [9.17, 15) is 4.79 Å². The van der Waals surface area contributed by atoms with Crippen LogP contribution >= 0.6 is 23.2 Å². The first kappa shape index (κ1) is 18.2. The van der Waals surface area contributed by atoms with Crippen molar-refractivity contribution in [3.05, 3.63) is 94.5 Å². The number of aromatic nitrogens is 3. The summed E-state index contributed by atoms with van der Waals surface area (Å²) in [5.74, 6) is 0.0881. The highest BCUT2D eigenvalue weighted by molar-refractivity contribution is 6.42. The minimum absolute atomic E-state index is 0.265. The number of nitrogens with zero attached hydrogens (tertiary/aromatic N) is 3. The molecule has 0 radical (unpaired) electrons. The molecule has 0 fully saturated rings. The maximum absolute atomic E-state index is 12.6. The first-order chi connectivity index (χ1) is 13.6. The van der Waals surface area contributed by atoms with Crippen LogP contribution in [0.2, 0.25) is 10.0 Å². The maximum atomic E-state index is 12.6. The number of anilines is 1. The molecule has 0 aliphatic carbocycles. The van der Waals surface area contributed by atoms with Crippen molar-refractivity contribution in [2.75, 3.05) is 5.32 Å². The predicted octanol–water partition coefficient (Wildman–Crippen LogP) is 5.49. The van der Waals surface area contributed by atoms with Gasteiger partial charge in [0, 0.05) is 11.1 Å². The van der Waals surface area contributed by atoms with Gasteiger partial charge in [-0.05, 0) is 30.3 Å². The molecule has 5 nitrogen and oxygen atoms in total. The van der Waals surface area contributed by atoms with Gasteiger partial charge < -0.3 is 5.32 Å². The molecule has 1 amide bonds. The topological polar surface area (TPSA) is 59.8 Å². The van der Waals surface area contributed by atoms with E-state index < -0.39 is 0 Å². The maximum Gasteiger partial charge on any atom is 0.256 e. The second-order valence-electron chi connectivity index (χ2n) is 5.97. The van der Waals surface area contributed by atoms with E-state index in [1.807, 2.05) is 36.4 Å². The highest BCUT2D eigenvalue weighted by atomic mass is 35.5. The Hall–Kier alpha value is -3.15. The molecule has 1 N–H and O–H groups in total. The zero-order chi connectivity index (χ0) is 19.5. The Morgan fingerprint density at radius 3 is 2.18 bits per heavy atom. The quantitative estimate of drug-likeness (QED) is 0.485. The van der Waals surface area contributed by atoms with Crippen LogP contribution in [0.4, 0.5) is 5.82 Å². The molecule has 1 aromatic heterocycles. The highest BCUT2D eigenvalue weighted by Crippen LogP contribution is 2.28. The average Bonchev–Trinajstić information content (AvgIpc) is 3.15. The molecule has 138 valence electrons. The molecule has 0 unspecified atom stereocenters. The van der Waals surface area contributed by atoms with Crippen LogP contribution in [-0.2, 0) is 0 Å². The van der Waals surface area contributed by atoms with E-state index in [0.717, 1.165) is 5.56 Å². The van der Waals surface area contributed by atoms with Crippen molar-refractivity contribution in [1.29, 1.82) is 0 Å². The van der Waals surface area contributed by atoms with Gasteiger partial charge in [0.25, 0.3) is 5.91 Å². The lowest BCUT2D eigenvalue weighted by Crippen LogP contribution is -2.13. The van der Waals surface area contributed by atoms with Crippen LogP contribution in [0.3, 0.4) is 0 Å². The van der Waals surface area contributed by atoms with Gasteiger partial charge in [0.15, 0.2) is 5.82 Å². The summed E-state index contributed by atoms with van der Waals surface area (Å²) < 4.78 is 0.